The van der Waals surface area contributed by atoms with Crippen LogP contribution < -0.4 is 4.72 Å². The largest absolute Gasteiger partial charge is 0.385 e. The molecule has 1 fully saturated rings. The van der Waals surface area contributed by atoms with Crippen LogP contribution in [0.3, 0.4) is 0 Å². The second-order valence-corrected chi connectivity index (χ2v) is 8.50. The number of aryl methyl sites for hydroxylation is 2. The molecule has 0 aromatic carbocycles. The SMILES string of the molecule is COCCC1(C(=O)NS(=O)(=O)c2sc(C)nc2C)CCC1. The minimum atomic E-state index is -3.84. The zero-order valence-electron chi connectivity index (χ0n) is 12.4. The van der Waals surface area contributed by atoms with Gasteiger partial charge in [0.15, 0.2) is 4.21 Å². The van der Waals surface area contributed by atoms with Gasteiger partial charge in [0.1, 0.15) is 0 Å². The normalized spacial score (nSPS) is 17.3. The number of methoxy groups -OCH3 is 1. The predicted octanol–water partition coefficient (Wildman–Crippen LogP) is 1.77. The van der Waals surface area contributed by atoms with Gasteiger partial charge in [0.05, 0.1) is 16.1 Å². The van der Waals surface area contributed by atoms with Gasteiger partial charge in [-0.25, -0.2) is 18.1 Å². The van der Waals surface area contributed by atoms with Gasteiger partial charge in [0.25, 0.3) is 10.0 Å². The molecule has 0 saturated heterocycles. The summed E-state index contributed by atoms with van der Waals surface area (Å²) in [5.74, 6) is -0.420. The van der Waals surface area contributed by atoms with E-state index in [0.29, 0.717) is 36.6 Å². The number of nitrogens with zero attached hydrogens (tertiary/aromatic N) is 1. The molecule has 8 heteroatoms. The highest BCUT2D eigenvalue weighted by Crippen LogP contribution is 2.44. The highest BCUT2D eigenvalue weighted by Gasteiger charge is 2.45. The van der Waals surface area contributed by atoms with Gasteiger partial charge in [-0.05, 0) is 33.1 Å². The summed E-state index contributed by atoms with van der Waals surface area (Å²) in [6.07, 6.45) is 2.90. The minimum Gasteiger partial charge on any atom is -0.385 e. The monoisotopic (exact) mass is 332 g/mol. The summed E-state index contributed by atoms with van der Waals surface area (Å²) in [6, 6.07) is 0. The van der Waals surface area contributed by atoms with Crippen LogP contribution in [0.2, 0.25) is 0 Å². The van der Waals surface area contributed by atoms with Crippen LogP contribution >= 0.6 is 11.3 Å². The van der Waals surface area contributed by atoms with Gasteiger partial charge in [-0.1, -0.05) is 6.42 Å². The number of ether oxygens (including phenoxy) is 1. The van der Waals surface area contributed by atoms with Crippen LogP contribution in [0.4, 0.5) is 0 Å². The number of hydrogen-bond donors (Lipinski definition) is 1. The molecular weight excluding hydrogens is 312 g/mol. The number of sulfonamides is 1. The molecule has 6 nitrogen and oxygen atoms in total. The fourth-order valence-corrected chi connectivity index (χ4v) is 5.09. The number of carbonyl (C=O) groups is 1. The van der Waals surface area contributed by atoms with Crippen molar-refractivity contribution in [3.05, 3.63) is 10.7 Å². The maximum Gasteiger partial charge on any atom is 0.275 e. The molecular formula is C13H20N2O4S2. The summed E-state index contributed by atoms with van der Waals surface area (Å²) in [7, 11) is -2.26. The van der Waals surface area contributed by atoms with Crippen LogP contribution in [0, 0.1) is 19.3 Å². The van der Waals surface area contributed by atoms with Crippen LogP contribution in [0.1, 0.15) is 36.4 Å². The lowest BCUT2D eigenvalue weighted by Gasteiger charge is -2.39. The van der Waals surface area contributed by atoms with Gasteiger partial charge in [0, 0.05) is 13.7 Å². The number of rotatable bonds is 6. The molecule has 1 aliphatic carbocycles. The molecule has 118 valence electrons. The summed E-state index contributed by atoms with van der Waals surface area (Å²) < 4.78 is 32.1. The lowest BCUT2D eigenvalue weighted by Crippen LogP contribution is -2.48. The number of carbonyl (C=O) groups excluding carboxylic acids is 1. The first kappa shape index (κ1) is 16.4. The highest BCUT2D eigenvalue weighted by molar-refractivity contribution is 7.92. The van der Waals surface area contributed by atoms with E-state index in [-0.39, 0.29) is 4.21 Å². The zero-order valence-corrected chi connectivity index (χ0v) is 14.1. The number of amides is 1. The smallest absolute Gasteiger partial charge is 0.275 e. The molecule has 21 heavy (non-hydrogen) atoms. The number of aromatic nitrogens is 1. The summed E-state index contributed by atoms with van der Waals surface area (Å²) in [6.45, 7) is 3.82. The van der Waals surface area contributed by atoms with Crippen molar-refractivity contribution in [1.82, 2.24) is 9.71 Å². The van der Waals surface area contributed by atoms with Crippen molar-refractivity contribution in [1.29, 1.82) is 0 Å². The lowest BCUT2D eigenvalue weighted by molar-refractivity contribution is -0.135. The van der Waals surface area contributed by atoms with Crippen molar-refractivity contribution < 1.29 is 17.9 Å². The summed E-state index contributed by atoms with van der Waals surface area (Å²) in [4.78, 5) is 16.5. The average molecular weight is 332 g/mol. The number of hydrogen-bond acceptors (Lipinski definition) is 6. The number of thiazole rings is 1. The van der Waals surface area contributed by atoms with E-state index < -0.39 is 21.3 Å². The minimum absolute atomic E-state index is 0.120. The molecule has 1 heterocycles. The first-order valence-corrected chi connectivity index (χ1v) is 9.11. The van der Waals surface area contributed by atoms with Gasteiger partial charge in [-0.2, -0.15) is 0 Å². The third kappa shape index (κ3) is 3.27. The van der Waals surface area contributed by atoms with Crippen molar-refractivity contribution in [3.8, 4) is 0 Å². The Balaban J connectivity index is 2.16. The maximum atomic E-state index is 12.4. The lowest BCUT2D eigenvalue weighted by atomic mass is 9.66. The highest BCUT2D eigenvalue weighted by atomic mass is 32.2. The predicted molar refractivity (Wildman–Crippen MR) is 79.7 cm³/mol. The quantitative estimate of drug-likeness (QED) is 0.858. The number of nitrogens with one attached hydrogen (secondary N) is 1. The van der Waals surface area contributed by atoms with Crippen molar-refractivity contribution in [2.45, 2.75) is 43.7 Å². The molecule has 0 aliphatic heterocycles. The Bertz CT molecular complexity index is 633. The Morgan fingerprint density at radius 3 is 2.52 bits per heavy atom. The van der Waals surface area contributed by atoms with Crippen molar-refractivity contribution in [2.24, 2.45) is 5.41 Å². The van der Waals surface area contributed by atoms with Crippen LogP contribution in [0.15, 0.2) is 4.21 Å². The first-order chi connectivity index (χ1) is 9.81. The Kier molecular flexibility index (Phi) is 4.69. The second-order valence-electron chi connectivity index (χ2n) is 5.42. The molecule has 0 atom stereocenters. The molecule has 1 aromatic heterocycles. The zero-order chi connectivity index (χ0) is 15.7. The molecule has 1 aromatic rings. The van der Waals surface area contributed by atoms with E-state index in [0.717, 1.165) is 17.8 Å². The average Bonchev–Trinajstić information content (AvgIpc) is 2.67. The Labute approximate surface area is 129 Å². The molecule has 0 unspecified atom stereocenters. The molecule has 1 amide bonds. The Hall–Kier alpha value is -0.990. The van der Waals surface area contributed by atoms with Gasteiger partial charge in [0.2, 0.25) is 5.91 Å². The molecule has 1 aliphatic rings. The van der Waals surface area contributed by atoms with E-state index in [9.17, 15) is 13.2 Å². The fourth-order valence-electron chi connectivity index (χ4n) is 2.53. The molecule has 0 spiro atoms. The molecule has 1 N–H and O–H groups in total. The summed E-state index contributed by atoms with van der Waals surface area (Å²) in [5, 5.41) is 0.665. The van der Waals surface area contributed by atoms with E-state index in [4.69, 9.17) is 4.74 Å². The second kappa shape index (κ2) is 6.02. The van der Waals surface area contributed by atoms with Gasteiger partial charge in [-0.3, -0.25) is 4.79 Å². The van der Waals surface area contributed by atoms with Crippen LogP contribution in [0.25, 0.3) is 0 Å². The first-order valence-electron chi connectivity index (χ1n) is 6.81. The van der Waals surface area contributed by atoms with Crippen LogP contribution in [-0.4, -0.2) is 33.0 Å². The van der Waals surface area contributed by atoms with Gasteiger partial charge in [-0.15, -0.1) is 11.3 Å². The summed E-state index contributed by atoms with van der Waals surface area (Å²) in [5.41, 5.74) is -0.172. The van der Waals surface area contributed by atoms with Crippen LogP contribution in [-0.2, 0) is 19.6 Å². The van der Waals surface area contributed by atoms with E-state index in [1.807, 2.05) is 0 Å². The van der Waals surface area contributed by atoms with E-state index in [1.165, 1.54) is 0 Å². The van der Waals surface area contributed by atoms with Crippen molar-refractivity contribution in [2.75, 3.05) is 13.7 Å². The van der Waals surface area contributed by atoms with E-state index in [1.54, 1.807) is 21.0 Å². The molecule has 1 saturated carbocycles. The van der Waals surface area contributed by atoms with Crippen molar-refractivity contribution >= 4 is 27.3 Å². The third-order valence-electron chi connectivity index (χ3n) is 3.91. The van der Waals surface area contributed by atoms with Crippen molar-refractivity contribution in [3.63, 3.8) is 0 Å². The molecule has 0 radical (unpaired) electrons. The third-order valence-corrected chi connectivity index (χ3v) is 6.92. The van der Waals surface area contributed by atoms with Gasteiger partial charge >= 0.3 is 0 Å². The fraction of sp³-hybridized carbons (Fsp3) is 0.692. The molecule has 0 bridgehead atoms. The standard InChI is InChI=1S/C13H20N2O4S2/c1-9-11(20-10(2)14-9)21(17,18)15-12(16)13(5-4-6-13)7-8-19-3/h4-8H2,1-3H3,(H,15,16). The Morgan fingerprint density at radius 1 is 1.43 bits per heavy atom. The summed E-state index contributed by atoms with van der Waals surface area (Å²) >= 11 is 1.08. The maximum absolute atomic E-state index is 12.4. The van der Waals surface area contributed by atoms with Gasteiger partial charge < -0.3 is 4.74 Å². The van der Waals surface area contributed by atoms with E-state index in [2.05, 4.69) is 9.71 Å². The Morgan fingerprint density at radius 2 is 2.10 bits per heavy atom. The molecule has 2 rings (SSSR count). The van der Waals surface area contributed by atoms with E-state index >= 15 is 0 Å². The van der Waals surface area contributed by atoms with Crippen LogP contribution in [0.5, 0.6) is 0 Å². The topological polar surface area (TPSA) is 85.4 Å².